The molecule has 5 heteroatoms. The first kappa shape index (κ1) is 16.7. The van der Waals surface area contributed by atoms with E-state index in [1.807, 2.05) is 55.5 Å². The van der Waals surface area contributed by atoms with Gasteiger partial charge < -0.3 is 0 Å². The summed E-state index contributed by atoms with van der Waals surface area (Å²) in [7, 11) is 0. The van der Waals surface area contributed by atoms with E-state index < -0.39 is 0 Å². The molecule has 132 valence electrons. The maximum Gasteiger partial charge on any atom is 0.269 e. The van der Waals surface area contributed by atoms with E-state index >= 15 is 0 Å². The molecule has 0 spiro atoms. The molecule has 0 aliphatic heterocycles. The smallest absolute Gasteiger partial charge is 0.269 e. The Morgan fingerprint density at radius 3 is 2.48 bits per heavy atom. The number of hydrogen-bond acceptors (Lipinski definition) is 4. The number of pyridine rings is 2. The number of amides is 1. The van der Waals surface area contributed by atoms with Gasteiger partial charge in [-0.2, -0.15) is 0 Å². The number of carbonyl (C=O) groups excluding carboxylic acids is 1. The number of hydrazine groups is 1. The van der Waals surface area contributed by atoms with Gasteiger partial charge in [0.25, 0.3) is 5.91 Å². The molecule has 0 radical (unpaired) electrons. The van der Waals surface area contributed by atoms with Crippen LogP contribution in [0.1, 0.15) is 15.9 Å². The molecule has 1 amide bonds. The van der Waals surface area contributed by atoms with Crippen LogP contribution in [-0.2, 0) is 0 Å². The van der Waals surface area contributed by atoms with Crippen molar-refractivity contribution in [1.29, 1.82) is 0 Å². The largest absolute Gasteiger partial charge is 0.298 e. The lowest BCUT2D eigenvalue weighted by Gasteiger charge is -2.13. The average molecular weight is 354 g/mol. The number of benzene rings is 2. The Labute approximate surface area is 157 Å². The lowest BCUT2D eigenvalue weighted by molar-refractivity contribution is 0.0962. The lowest BCUT2D eigenvalue weighted by atomic mass is 10.1. The Morgan fingerprint density at radius 2 is 1.70 bits per heavy atom. The number of carbonyl (C=O) groups is 1. The maximum absolute atomic E-state index is 12.4. The zero-order valence-electron chi connectivity index (χ0n) is 14.8. The van der Waals surface area contributed by atoms with Crippen molar-refractivity contribution < 1.29 is 4.79 Å². The summed E-state index contributed by atoms with van der Waals surface area (Å²) in [5, 5.41) is 0.949. The molecule has 2 aromatic carbocycles. The zero-order chi connectivity index (χ0) is 18.6. The first-order chi connectivity index (χ1) is 13.2. The second-order valence-electron chi connectivity index (χ2n) is 6.26. The number of rotatable bonds is 4. The van der Waals surface area contributed by atoms with Crippen molar-refractivity contribution >= 4 is 22.5 Å². The highest BCUT2D eigenvalue weighted by Gasteiger charge is 2.10. The molecule has 0 atom stereocenters. The summed E-state index contributed by atoms with van der Waals surface area (Å²) in [6, 6.07) is 21.3. The van der Waals surface area contributed by atoms with Crippen molar-refractivity contribution in [3.63, 3.8) is 0 Å². The van der Waals surface area contributed by atoms with Gasteiger partial charge in [0.15, 0.2) is 0 Å². The third kappa shape index (κ3) is 3.62. The van der Waals surface area contributed by atoms with Gasteiger partial charge in [-0.1, -0.05) is 42.0 Å². The van der Waals surface area contributed by atoms with E-state index in [-0.39, 0.29) is 5.91 Å². The van der Waals surface area contributed by atoms with E-state index in [2.05, 4.69) is 21.9 Å². The Morgan fingerprint density at radius 1 is 0.926 bits per heavy atom. The maximum atomic E-state index is 12.4. The molecule has 0 aliphatic rings. The molecule has 0 aliphatic carbocycles. The molecule has 5 nitrogen and oxygen atoms in total. The molecule has 2 N–H and O–H groups in total. The van der Waals surface area contributed by atoms with Gasteiger partial charge in [0.1, 0.15) is 0 Å². The standard InChI is InChI=1S/C22H18N4O/c1-15-7-8-19-18(13-15)21(14-20(24-19)16-5-3-2-4-6-16)25-26-22(27)17-9-11-23-12-10-17/h2-14H,1H3,(H,24,25)(H,26,27). The predicted molar refractivity (Wildman–Crippen MR) is 107 cm³/mol. The third-order valence-electron chi connectivity index (χ3n) is 4.29. The van der Waals surface area contributed by atoms with Crippen molar-refractivity contribution in [2.75, 3.05) is 5.43 Å². The first-order valence-electron chi connectivity index (χ1n) is 8.64. The summed E-state index contributed by atoms with van der Waals surface area (Å²) in [5.74, 6) is -0.226. The van der Waals surface area contributed by atoms with Gasteiger partial charge in [0.05, 0.1) is 16.9 Å². The van der Waals surface area contributed by atoms with Gasteiger partial charge in [-0.3, -0.25) is 20.6 Å². The normalized spacial score (nSPS) is 10.6. The minimum atomic E-state index is -0.226. The number of anilines is 1. The minimum Gasteiger partial charge on any atom is -0.298 e. The summed E-state index contributed by atoms with van der Waals surface area (Å²) in [6.07, 6.45) is 3.18. The molecule has 4 aromatic rings. The molecule has 0 saturated carbocycles. The van der Waals surface area contributed by atoms with E-state index in [0.717, 1.165) is 33.4 Å². The predicted octanol–water partition coefficient (Wildman–Crippen LogP) is 4.36. The lowest BCUT2D eigenvalue weighted by Crippen LogP contribution is -2.29. The molecule has 4 rings (SSSR count). The van der Waals surface area contributed by atoms with Crippen molar-refractivity contribution in [3.8, 4) is 11.3 Å². The van der Waals surface area contributed by atoms with Crippen LogP contribution >= 0.6 is 0 Å². The van der Waals surface area contributed by atoms with Crippen molar-refractivity contribution in [3.05, 3.63) is 90.3 Å². The summed E-state index contributed by atoms with van der Waals surface area (Å²) in [6.45, 7) is 2.03. The Balaban J connectivity index is 1.71. The Hall–Kier alpha value is -3.73. The van der Waals surface area contributed by atoms with E-state index in [4.69, 9.17) is 4.98 Å². The number of aryl methyl sites for hydroxylation is 1. The molecule has 0 bridgehead atoms. The second-order valence-corrected chi connectivity index (χ2v) is 6.26. The van der Waals surface area contributed by atoms with Crippen molar-refractivity contribution in [2.45, 2.75) is 6.92 Å². The second kappa shape index (κ2) is 7.25. The minimum absolute atomic E-state index is 0.226. The highest BCUT2D eigenvalue weighted by Crippen LogP contribution is 2.28. The number of aromatic nitrogens is 2. The van der Waals surface area contributed by atoms with Gasteiger partial charge in [-0.15, -0.1) is 0 Å². The molecule has 0 saturated heterocycles. The zero-order valence-corrected chi connectivity index (χ0v) is 14.8. The van der Waals surface area contributed by atoms with Crippen molar-refractivity contribution in [1.82, 2.24) is 15.4 Å². The fourth-order valence-electron chi connectivity index (χ4n) is 2.90. The van der Waals surface area contributed by atoms with Gasteiger partial charge in [0.2, 0.25) is 0 Å². The number of hydrogen-bond donors (Lipinski definition) is 2. The quantitative estimate of drug-likeness (QED) is 0.534. The molecule has 0 fully saturated rings. The number of nitrogens with one attached hydrogen (secondary N) is 2. The fraction of sp³-hybridized carbons (Fsp3) is 0.0455. The summed E-state index contributed by atoms with van der Waals surface area (Å²) >= 11 is 0. The monoisotopic (exact) mass is 354 g/mol. The van der Waals surface area contributed by atoms with E-state index in [1.165, 1.54) is 0 Å². The molecule has 27 heavy (non-hydrogen) atoms. The number of fused-ring (bicyclic) bond motifs is 1. The Bertz CT molecular complexity index is 1100. The first-order valence-corrected chi connectivity index (χ1v) is 8.64. The van der Waals surface area contributed by atoms with Crippen LogP contribution in [0.5, 0.6) is 0 Å². The van der Waals surface area contributed by atoms with Crippen LogP contribution in [0.2, 0.25) is 0 Å². The summed E-state index contributed by atoms with van der Waals surface area (Å²) in [5.41, 5.74) is 11.0. The van der Waals surface area contributed by atoms with Crippen LogP contribution in [0.15, 0.2) is 79.1 Å². The summed E-state index contributed by atoms with van der Waals surface area (Å²) in [4.78, 5) is 21.1. The third-order valence-corrected chi connectivity index (χ3v) is 4.29. The van der Waals surface area contributed by atoms with E-state index in [0.29, 0.717) is 5.56 Å². The van der Waals surface area contributed by atoms with Crippen LogP contribution in [0.4, 0.5) is 5.69 Å². The molecular weight excluding hydrogens is 336 g/mol. The highest BCUT2D eigenvalue weighted by molar-refractivity contribution is 5.98. The Kier molecular flexibility index (Phi) is 4.49. The highest BCUT2D eigenvalue weighted by atomic mass is 16.2. The summed E-state index contributed by atoms with van der Waals surface area (Å²) < 4.78 is 0. The SMILES string of the molecule is Cc1ccc2nc(-c3ccccc3)cc(NNC(=O)c3ccncc3)c2c1. The van der Waals surface area contributed by atoms with Gasteiger partial charge in [-0.05, 0) is 37.3 Å². The van der Waals surface area contributed by atoms with Gasteiger partial charge in [0, 0.05) is 28.9 Å². The molecule has 2 aromatic heterocycles. The van der Waals surface area contributed by atoms with Crippen LogP contribution < -0.4 is 10.9 Å². The number of nitrogens with zero attached hydrogens (tertiary/aromatic N) is 2. The topological polar surface area (TPSA) is 66.9 Å². The molecular formula is C22H18N4O. The molecule has 0 unspecified atom stereocenters. The van der Waals surface area contributed by atoms with E-state index in [9.17, 15) is 4.79 Å². The van der Waals surface area contributed by atoms with Crippen molar-refractivity contribution in [2.24, 2.45) is 0 Å². The van der Waals surface area contributed by atoms with Crippen LogP contribution in [-0.4, -0.2) is 15.9 Å². The van der Waals surface area contributed by atoms with Crippen LogP contribution in [0.3, 0.4) is 0 Å². The van der Waals surface area contributed by atoms with Crippen LogP contribution in [0.25, 0.3) is 22.2 Å². The van der Waals surface area contributed by atoms with Crippen LogP contribution in [0, 0.1) is 6.92 Å². The van der Waals surface area contributed by atoms with Gasteiger partial charge in [-0.25, -0.2) is 4.98 Å². The molecule has 2 heterocycles. The van der Waals surface area contributed by atoms with E-state index in [1.54, 1.807) is 24.5 Å². The van der Waals surface area contributed by atoms with Gasteiger partial charge >= 0.3 is 0 Å². The fourth-order valence-corrected chi connectivity index (χ4v) is 2.90. The average Bonchev–Trinajstić information content (AvgIpc) is 2.73.